The molecule has 0 amide bonds. The van der Waals surface area contributed by atoms with Gasteiger partial charge in [0.1, 0.15) is 0 Å². The number of methoxy groups -OCH3 is 1. The van der Waals surface area contributed by atoms with Crippen LogP contribution in [0.25, 0.3) is 0 Å². The van der Waals surface area contributed by atoms with E-state index in [0.717, 1.165) is 37.8 Å². The van der Waals surface area contributed by atoms with Crippen LogP contribution in [0.1, 0.15) is 31.2 Å². The van der Waals surface area contributed by atoms with Crippen molar-refractivity contribution in [3.05, 3.63) is 22.7 Å². The van der Waals surface area contributed by atoms with Gasteiger partial charge in [0.25, 0.3) is 0 Å². The Hall–Kier alpha value is -0.970. The Kier molecular flexibility index (Phi) is 7.63. The minimum absolute atomic E-state index is 0.139. The van der Waals surface area contributed by atoms with Gasteiger partial charge in [-0.3, -0.25) is 0 Å². The molecule has 19 heavy (non-hydrogen) atoms. The highest BCUT2D eigenvalue weighted by Gasteiger charge is 2.09. The van der Waals surface area contributed by atoms with E-state index in [-0.39, 0.29) is 12.4 Å². The van der Waals surface area contributed by atoms with E-state index < -0.39 is 0 Å². The summed E-state index contributed by atoms with van der Waals surface area (Å²) < 4.78 is 5.05. The highest BCUT2D eigenvalue weighted by molar-refractivity contribution is 6.30. The molecule has 0 aliphatic heterocycles. The van der Waals surface area contributed by atoms with E-state index in [2.05, 4.69) is 5.32 Å². The topological polar surface area (TPSA) is 61.7 Å². The molecular formula is C14H22ClNO3. The van der Waals surface area contributed by atoms with Gasteiger partial charge in [-0.1, -0.05) is 24.4 Å². The van der Waals surface area contributed by atoms with Crippen LogP contribution in [-0.4, -0.2) is 30.5 Å². The first-order valence-electron chi connectivity index (χ1n) is 6.56. The average molecular weight is 288 g/mol. The maximum atomic E-state index is 9.93. The van der Waals surface area contributed by atoms with Gasteiger partial charge in [0.15, 0.2) is 11.5 Å². The lowest BCUT2D eigenvalue weighted by Crippen LogP contribution is -2.15. The number of hydrogen-bond acceptors (Lipinski definition) is 4. The molecule has 0 aromatic heterocycles. The first-order valence-corrected chi connectivity index (χ1v) is 6.93. The Labute approximate surface area is 119 Å². The number of phenolic OH excluding ortho intramolecular Hbond substituents is 1. The molecule has 0 spiro atoms. The third-order valence-electron chi connectivity index (χ3n) is 2.92. The molecule has 1 rings (SSSR count). The monoisotopic (exact) mass is 287 g/mol. The first kappa shape index (κ1) is 16.1. The van der Waals surface area contributed by atoms with Crippen molar-refractivity contribution < 1.29 is 14.9 Å². The van der Waals surface area contributed by atoms with Gasteiger partial charge >= 0.3 is 0 Å². The zero-order chi connectivity index (χ0) is 14.1. The SMILES string of the molecule is COc1cc(Cl)cc(CNCCCCCCO)c1O. The molecule has 1 aromatic rings. The number of nitrogens with one attached hydrogen (secondary N) is 1. The van der Waals surface area contributed by atoms with Crippen molar-refractivity contribution in [3.63, 3.8) is 0 Å². The van der Waals surface area contributed by atoms with Crippen LogP contribution in [0.15, 0.2) is 12.1 Å². The minimum atomic E-state index is 0.139. The maximum absolute atomic E-state index is 9.93. The fourth-order valence-electron chi connectivity index (χ4n) is 1.86. The molecule has 0 atom stereocenters. The first-order chi connectivity index (χ1) is 9.19. The molecule has 0 bridgehead atoms. The van der Waals surface area contributed by atoms with Crippen LogP contribution < -0.4 is 10.1 Å². The Morgan fingerprint density at radius 1 is 1.21 bits per heavy atom. The molecule has 5 heteroatoms. The lowest BCUT2D eigenvalue weighted by atomic mass is 10.1. The molecule has 0 saturated carbocycles. The second kappa shape index (κ2) is 9.02. The summed E-state index contributed by atoms with van der Waals surface area (Å²) in [5.41, 5.74) is 0.736. The Morgan fingerprint density at radius 2 is 1.95 bits per heavy atom. The van der Waals surface area contributed by atoms with Crippen molar-refractivity contribution in [3.8, 4) is 11.5 Å². The van der Waals surface area contributed by atoms with Crippen LogP contribution in [0, 0.1) is 0 Å². The van der Waals surface area contributed by atoms with Crippen molar-refractivity contribution in [2.75, 3.05) is 20.3 Å². The number of aliphatic hydroxyl groups excluding tert-OH is 1. The summed E-state index contributed by atoms with van der Waals surface area (Å²) in [7, 11) is 1.50. The van der Waals surface area contributed by atoms with Gasteiger partial charge in [0.05, 0.1) is 7.11 Å². The molecule has 3 N–H and O–H groups in total. The third-order valence-corrected chi connectivity index (χ3v) is 3.13. The van der Waals surface area contributed by atoms with Crippen LogP contribution in [0.5, 0.6) is 11.5 Å². The van der Waals surface area contributed by atoms with Crippen molar-refractivity contribution in [2.24, 2.45) is 0 Å². The second-order valence-electron chi connectivity index (χ2n) is 4.43. The van der Waals surface area contributed by atoms with Crippen molar-refractivity contribution in [1.82, 2.24) is 5.32 Å². The largest absolute Gasteiger partial charge is 0.504 e. The van der Waals surface area contributed by atoms with E-state index in [1.165, 1.54) is 7.11 Å². The highest BCUT2D eigenvalue weighted by atomic mass is 35.5. The molecule has 0 aliphatic rings. The number of phenols is 1. The van der Waals surface area contributed by atoms with E-state index in [1.807, 2.05) is 0 Å². The van der Waals surface area contributed by atoms with Gasteiger partial charge in [-0.05, 0) is 25.5 Å². The van der Waals surface area contributed by atoms with E-state index in [1.54, 1.807) is 12.1 Å². The summed E-state index contributed by atoms with van der Waals surface area (Å²) in [6.45, 7) is 1.70. The summed E-state index contributed by atoms with van der Waals surface area (Å²) in [5.74, 6) is 0.534. The summed E-state index contributed by atoms with van der Waals surface area (Å²) in [6, 6.07) is 3.33. The standard InChI is InChI=1S/C14H22ClNO3/c1-19-13-9-12(15)8-11(14(13)18)10-16-6-4-2-3-5-7-17/h8-9,16-18H,2-7,10H2,1H3. The normalized spacial score (nSPS) is 10.7. The van der Waals surface area contributed by atoms with Gasteiger partial charge in [-0.15, -0.1) is 0 Å². The molecule has 0 fully saturated rings. The summed E-state index contributed by atoms with van der Waals surface area (Å²) >= 11 is 5.96. The number of aliphatic hydroxyl groups is 1. The number of rotatable bonds is 9. The summed E-state index contributed by atoms with van der Waals surface area (Å²) in [5, 5.41) is 22.4. The molecule has 0 radical (unpaired) electrons. The van der Waals surface area contributed by atoms with Gasteiger partial charge in [0, 0.05) is 29.8 Å². The lowest BCUT2D eigenvalue weighted by molar-refractivity contribution is 0.282. The van der Waals surface area contributed by atoms with Gasteiger partial charge in [-0.2, -0.15) is 0 Å². The number of ether oxygens (including phenoxy) is 1. The van der Waals surface area contributed by atoms with Crippen molar-refractivity contribution in [1.29, 1.82) is 0 Å². The predicted molar refractivity (Wildman–Crippen MR) is 76.9 cm³/mol. The molecule has 0 saturated heterocycles. The van der Waals surface area contributed by atoms with Crippen molar-refractivity contribution in [2.45, 2.75) is 32.2 Å². The van der Waals surface area contributed by atoms with E-state index in [0.29, 0.717) is 17.3 Å². The quantitative estimate of drug-likeness (QED) is 0.611. The van der Waals surface area contributed by atoms with E-state index in [9.17, 15) is 5.11 Å². The van der Waals surface area contributed by atoms with Crippen LogP contribution >= 0.6 is 11.6 Å². The summed E-state index contributed by atoms with van der Waals surface area (Å²) in [6.07, 6.45) is 4.07. The number of aromatic hydroxyl groups is 1. The smallest absolute Gasteiger partial charge is 0.162 e. The fraction of sp³-hybridized carbons (Fsp3) is 0.571. The lowest BCUT2D eigenvalue weighted by Gasteiger charge is -2.10. The Morgan fingerprint density at radius 3 is 2.63 bits per heavy atom. The summed E-state index contributed by atoms with van der Waals surface area (Å²) in [4.78, 5) is 0. The predicted octanol–water partition coefficient (Wildman–Crippen LogP) is 2.70. The minimum Gasteiger partial charge on any atom is -0.504 e. The van der Waals surface area contributed by atoms with Crippen molar-refractivity contribution >= 4 is 11.6 Å². The molecular weight excluding hydrogens is 266 g/mol. The molecule has 0 heterocycles. The fourth-order valence-corrected chi connectivity index (χ4v) is 2.09. The van der Waals surface area contributed by atoms with Crippen LogP contribution in [0.3, 0.4) is 0 Å². The molecule has 0 aliphatic carbocycles. The van der Waals surface area contributed by atoms with Gasteiger partial charge in [0.2, 0.25) is 0 Å². The zero-order valence-corrected chi connectivity index (χ0v) is 12.0. The third kappa shape index (κ3) is 5.68. The number of halogens is 1. The Bertz CT molecular complexity index is 385. The molecule has 0 unspecified atom stereocenters. The number of benzene rings is 1. The van der Waals surface area contributed by atoms with E-state index in [4.69, 9.17) is 21.4 Å². The highest BCUT2D eigenvalue weighted by Crippen LogP contribution is 2.33. The van der Waals surface area contributed by atoms with Gasteiger partial charge < -0.3 is 20.3 Å². The van der Waals surface area contributed by atoms with Crippen LogP contribution in [0.2, 0.25) is 5.02 Å². The van der Waals surface area contributed by atoms with Crippen LogP contribution in [-0.2, 0) is 6.54 Å². The molecule has 108 valence electrons. The molecule has 1 aromatic carbocycles. The van der Waals surface area contributed by atoms with E-state index >= 15 is 0 Å². The Balaban J connectivity index is 2.35. The molecule has 4 nitrogen and oxygen atoms in total. The van der Waals surface area contributed by atoms with Gasteiger partial charge in [-0.25, -0.2) is 0 Å². The average Bonchev–Trinajstić information content (AvgIpc) is 2.41. The van der Waals surface area contributed by atoms with Crippen LogP contribution in [0.4, 0.5) is 0 Å². The number of unbranched alkanes of at least 4 members (excludes halogenated alkanes) is 3. The maximum Gasteiger partial charge on any atom is 0.162 e. The number of hydrogen-bond donors (Lipinski definition) is 3. The second-order valence-corrected chi connectivity index (χ2v) is 4.87. The zero-order valence-electron chi connectivity index (χ0n) is 11.3.